The molecule has 0 unspecified atom stereocenters. The highest BCUT2D eigenvalue weighted by molar-refractivity contribution is 7.99. The molecule has 4 nitrogen and oxygen atoms in total. The highest BCUT2D eigenvalue weighted by Crippen LogP contribution is 2.21. The molecule has 0 saturated carbocycles. The first kappa shape index (κ1) is 20.6. The molecule has 0 bridgehead atoms. The zero-order valence-corrected chi connectivity index (χ0v) is 15.7. The van der Waals surface area contributed by atoms with Crippen LogP contribution in [-0.4, -0.2) is 41.2 Å². The highest BCUT2D eigenvalue weighted by Gasteiger charge is 2.22. The summed E-state index contributed by atoms with van der Waals surface area (Å²) in [6, 6.07) is 4.66. The first-order chi connectivity index (χ1) is 10.8. The molecule has 0 aliphatic heterocycles. The molecule has 0 aromatic heterocycles. The molecular formula is C16H24Cl2N2O2S. The predicted molar refractivity (Wildman–Crippen MR) is 99.3 cm³/mol. The van der Waals surface area contributed by atoms with Gasteiger partial charge in [0.1, 0.15) is 6.10 Å². The van der Waals surface area contributed by atoms with E-state index in [4.69, 9.17) is 28.9 Å². The molecule has 1 rings (SSSR count). The summed E-state index contributed by atoms with van der Waals surface area (Å²) < 4.78 is 0. The number of halogens is 2. The van der Waals surface area contributed by atoms with Crippen molar-refractivity contribution in [2.75, 3.05) is 18.1 Å². The van der Waals surface area contributed by atoms with Gasteiger partial charge in [0.15, 0.2) is 0 Å². The molecule has 0 aliphatic rings. The minimum Gasteiger partial charge on any atom is -0.382 e. The van der Waals surface area contributed by atoms with E-state index in [-0.39, 0.29) is 0 Å². The van der Waals surface area contributed by atoms with Crippen molar-refractivity contribution in [3.8, 4) is 0 Å². The second-order valence-corrected chi connectivity index (χ2v) is 7.74. The van der Waals surface area contributed by atoms with Crippen molar-refractivity contribution in [2.45, 2.75) is 32.4 Å². The SMILES string of the molecule is CC(C)CSC[C@@H](N)[C@H](O)C(=O)NCCc1ccc(Cl)cc1Cl. The Balaban J connectivity index is 2.34. The van der Waals surface area contributed by atoms with E-state index < -0.39 is 18.1 Å². The minimum atomic E-state index is -1.20. The molecule has 0 aliphatic carbocycles. The van der Waals surface area contributed by atoms with Crippen LogP contribution in [0.4, 0.5) is 0 Å². The zero-order chi connectivity index (χ0) is 17.4. The van der Waals surface area contributed by atoms with Gasteiger partial charge in [0.05, 0.1) is 0 Å². The Bertz CT molecular complexity index is 515. The van der Waals surface area contributed by atoms with Gasteiger partial charge >= 0.3 is 0 Å². The molecular weight excluding hydrogens is 355 g/mol. The van der Waals surface area contributed by atoms with Crippen molar-refractivity contribution in [1.82, 2.24) is 5.32 Å². The van der Waals surface area contributed by atoms with Gasteiger partial charge < -0.3 is 16.2 Å². The first-order valence-corrected chi connectivity index (χ1v) is 9.45. The van der Waals surface area contributed by atoms with Crippen LogP contribution in [-0.2, 0) is 11.2 Å². The van der Waals surface area contributed by atoms with Crippen molar-refractivity contribution in [3.63, 3.8) is 0 Å². The molecule has 7 heteroatoms. The largest absolute Gasteiger partial charge is 0.382 e. The van der Waals surface area contributed by atoms with Gasteiger partial charge in [0.2, 0.25) is 0 Å². The average Bonchev–Trinajstić information content (AvgIpc) is 2.48. The minimum absolute atomic E-state index is 0.378. The lowest BCUT2D eigenvalue weighted by molar-refractivity contribution is -0.129. The second kappa shape index (κ2) is 10.4. The van der Waals surface area contributed by atoms with Crippen LogP contribution in [0.2, 0.25) is 10.0 Å². The van der Waals surface area contributed by atoms with Crippen molar-refractivity contribution >= 4 is 40.9 Å². The lowest BCUT2D eigenvalue weighted by Gasteiger charge is -2.18. The smallest absolute Gasteiger partial charge is 0.250 e. The molecule has 130 valence electrons. The van der Waals surface area contributed by atoms with Crippen LogP contribution in [0.1, 0.15) is 19.4 Å². The highest BCUT2D eigenvalue weighted by atomic mass is 35.5. The fourth-order valence-electron chi connectivity index (χ4n) is 1.87. The molecule has 23 heavy (non-hydrogen) atoms. The number of carbonyl (C=O) groups excluding carboxylic acids is 1. The molecule has 0 radical (unpaired) electrons. The third-order valence-corrected chi connectivity index (χ3v) is 5.25. The van der Waals surface area contributed by atoms with Gasteiger partial charge in [-0.15, -0.1) is 0 Å². The van der Waals surface area contributed by atoms with Gasteiger partial charge in [-0.1, -0.05) is 43.1 Å². The van der Waals surface area contributed by atoms with Gasteiger partial charge in [-0.25, -0.2) is 0 Å². The maximum Gasteiger partial charge on any atom is 0.250 e. The number of hydrogen-bond donors (Lipinski definition) is 3. The number of nitrogens with one attached hydrogen (secondary N) is 1. The van der Waals surface area contributed by atoms with E-state index in [0.29, 0.717) is 34.7 Å². The van der Waals surface area contributed by atoms with E-state index in [1.165, 1.54) is 0 Å². The average molecular weight is 379 g/mol. The van der Waals surface area contributed by atoms with Crippen LogP contribution < -0.4 is 11.1 Å². The Morgan fingerprint density at radius 3 is 2.65 bits per heavy atom. The van der Waals surface area contributed by atoms with E-state index >= 15 is 0 Å². The van der Waals surface area contributed by atoms with E-state index in [1.54, 1.807) is 23.9 Å². The molecule has 0 saturated heterocycles. The number of hydrogen-bond acceptors (Lipinski definition) is 4. The predicted octanol–water partition coefficient (Wildman–Crippen LogP) is 2.73. The number of rotatable bonds is 9. The number of aliphatic hydroxyl groups is 1. The fourth-order valence-corrected chi connectivity index (χ4v) is 3.44. The Morgan fingerprint density at radius 1 is 1.35 bits per heavy atom. The summed E-state index contributed by atoms with van der Waals surface area (Å²) >= 11 is 13.6. The number of benzene rings is 1. The van der Waals surface area contributed by atoms with Crippen LogP contribution >= 0.6 is 35.0 Å². The molecule has 2 atom stereocenters. The van der Waals surface area contributed by atoms with Gasteiger partial charge in [0.25, 0.3) is 5.91 Å². The van der Waals surface area contributed by atoms with E-state index in [2.05, 4.69) is 19.2 Å². The fraction of sp³-hybridized carbons (Fsp3) is 0.562. The molecule has 1 aromatic rings. The summed E-state index contributed by atoms with van der Waals surface area (Å²) in [5.74, 6) is 1.61. The van der Waals surface area contributed by atoms with E-state index in [0.717, 1.165) is 11.3 Å². The number of carbonyl (C=O) groups is 1. The molecule has 0 spiro atoms. The van der Waals surface area contributed by atoms with Gasteiger partial charge in [0, 0.05) is 28.4 Å². The van der Waals surface area contributed by atoms with Crippen LogP contribution in [0.25, 0.3) is 0 Å². The summed E-state index contributed by atoms with van der Waals surface area (Å²) in [5, 5.41) is 13.8. The summed E-state index contributed by atoms with van der Waals surface area (Å²) in [5.41, 5.74) is 6.75. The quantitative estimate of drug-likeness (QED) is 0.617. The van der Waals surface area contributed by atoms with Crippen molar-refractivity contribution in [3.05, 3.63) is 33.8 Å². The van der Waals surface area contributed by atoms with Crippen molar-refractivity contribution in [2.24, 2.45) is 11.7 Å². The lowest BCUT2D eigenvalue weighted by Crippen LogP contribution is -2.48. The molecule has 0 heterocycles. The number of thioether (sulfide) groups is 1. The Morgan fingerprint density at radius 2 is 2.04 bits per heavy atom. The van der Waals surface area contributed by atoms with Gasteiger partial charge in [-0.2, -0.15) is 11.8 Å². The standard InChI is InChI=1S/C16H24Cl2N2O2S/c1-10(2)8-23-9-14(19)15(21)16(22)20-6-5-11-3-4-12(17)7-13(11)18/h3-4,7,10,14-15,21H,5-6,8-9,19H2,1-2H3,(H,20,22)/t14-,15+/m1/s1. The van der Waals surface area contributed by atoms with Gasteiger partial charge in [-0.05, 0) is 35.8 Å². The van der Waals surface area contributed by atoms with E-state index in [1.807, 2.05) is 6.07 Å². The first-order valence-electron chi connectivity index (χ1n) is 7.54. The van der Waals surface area contributed by atoms with Crippen LogP contribution in [0.15, 0.2) is 18.2 Å². The molecule has 4 N–H and O–H groups in total. The molecule has 1 aromatic carbocycles. The summed E-state index contributed by atoms with van der Waals surface area (Å²) in [6.45, 7) is 4.61. The Labute approximate surface area is 152 Å². The third kappa shape index (κ3) is 7.77. The summed E-state index contributed by atoms with van der Waals surface area (Å²) in [4.78, 5) is 11.9. The monoisotopic (exact) mass is 378 g/mol. The molecule has 0 fully saturated rings. The third-order valence-electron chi connectivity index (χ3n) is 3.14. The normalized spacial score (nSPS) is 13.9. The van der Waals surface area contributed by atoms with Crippen molar-refractivity contribution in [1.29, 1.82) is 0 Å². The number of amides is 1. The Hall–Kier alpha value is -0.460. The maximum absolute atomic E-state index is 11.9. The zero-order valence-electron chi connectivity index (χ0n) is 13.4. The second-order valence-electron chi connectivity index (χ2n) is 5.82. The number of aliphatic hydroxyl groups excluding tert-OH is 1. The number of nitrogens with two attached hydrogens (primary N) is 1. The summed E-state index contributed by atoms with van der Waals surface area (Å²) in [7, 11) is 0. The van der Waals surface area contributed by atoms with Crippen LogP contribution in [0.3, 0.4) is 0 Å². The maximum atomic E-state index is 11.9. The summed E-state index contributed by atoms with van der Waals surface area (Å²) in [6.07, 6.45) is -0.637. The lowest BCUT2D eigenvalue weighted by atomic mass is 10.1. The topological polar surface area (TPSA) is 75.3 Å². The molecule has 1 amide bonds. The van der Waals surface area contributed by atoms with Crippen LogP contribution in [0, 0.1) is 5.92 Å². The van der Waals surface area contributed by atoms with Crippen LogP contribution in [0.5, 0.6) is 0 Å². The Kier molecular flexibility index (Phi) is 9.32. The van der Waals surface area contributed by atoms with Crippen molar-refractivity contribution < 1.29 is 9.90 Å². The van der Waals surface area contributed by atoms with Gasteiger partial charge in [-0.3, -0.25) is 4.79 Å². The van der Waals surface area contributed by atoms with E-state index in [9.17, 15) is 9.90 Å².